The van der Waals surface area contributed by atoms with Crippen molar-refractivity contribution in [2.75, 3.05) is 6.79 Å². The van der Waals surface area contributed by atoms with E-state index in [9.17, 15) is 4.79 Å². The second-order valence-corrected chi connectivity index (χ2v) is 5.80. The molecule has 4 aromatic carbocycles. The van der Waals surface area contributed by atoms with E-state index in [4.69, 9.17) is 9.84 Å². The molecule has 0 amide bonds. The molecule has 0 unspecified atom stereocenters. The second-order valence-electron chi connectivity index (χ2n) is 5.80. The van der Waals surface area contributed by atoms with Crippen molar-refractivity contribution in [3.05, 3.63) is 84.4 Å². The number of benzene rings is 4. The van der Waals surface area contributed by atoms with Gasteiger partial charge < -0.3 is 9.84 Å². The SMILES string of the molecule is O=C(OCO)c1ccc2ccccc2c1-c1cccc2ccccc12. The van der Waals surface area contributed by atoms with Gasteiger partial charge in [0.25, 0.3) is 0 Å². The zero-order valence-electron chi connectivity index (χ0n) is 13.5. The molecular formula is C22H16O3. The summed E-state index contributed by atoms with van der Waals surface area (Å²) in [5.74, 6) is -0.531. The standard InChI is InChI=1S/C22H16O3/c23-14-25-22(24)20-13-12-16-7-2-4-10-18(16)21(20)19-11-5-8-15-6-1-3-9-17(15)19/h1-13,23H,14H2. The fraction of sp³-hybridized carbons (Fsp3) is 0.0455. The first-order chi connectivity index (χ1) is 12.3. The van der Waals surface area contributed by atoms with E-state index in [1.165, 1.54) is 0 Å². The molecule has 0 aromatic heterocycles. The Labute approximate surface area is 145 Å². The van der Waals surface area contributed by atoms with E-state index in [1.54, 1.807) is 6.07 Å². The van der Waals surface area contributed by atoms with E-state index in [0.29, 0.717) is 5.56 Å². The quantitative estimate of drug-likeness (QED) is 0.435. The molecule has 1 N–H and O–H groups in total. The van der Waals surface area contributed by atoms with Crippen LogP contribution in [-0.2, 0) is 4.74 Å². The molecule has 0 aliphatic heterocycles. The molecule has 122 valence electrons. The fourth-order valence-electron chi connectivity index (χ4n) is 3.31. The Morgan fingerprint density at radius 1 is 0.760 bits per heavy atom. The van der Waals surface area contributed by atoms with Crippen molar-refractivity contribution >= 4 is 27.5 Å². The monoisotopic (exact) mass is 328 g/mol. The minimum absolute atomic E-state index is 0.448. The molecule has 3 nitrogen and oxygen atoms in total. The Hall–Kier alpha value is -3.17. The molecule has 0 atom stereocenters. The zero-order valence-corrected chi connectivity index (χ0v) is 13.5. The van der Waals surface area contributed by atoms with E-state index >= 15 is 0 Å². The van der Waals surface area contributed by atoms with Gasteiger partial charge in [-0.25, -0.2) is 4.79 Å². The van der Waals surface area contributed by atoms with Crippen molar-refractivity contribution in [3.63, 3.8) is 0 Å². The van der Waals surface area contributed by atoms with Crippen molar-refractivity contribution in [2.45, 2.75) is 0 Å². The summed E-state index contributed by atoms with van der Waals surface area (Å²) in [5.41, 5.74) is 2.25. The molecule has 25 heavy (non-hydrogen) atoms. The predicted octanol–water partition coefficient (Wildman–Crippen LogP) is 4.77. The third kappa shape index (κ3) is 2.65. The van der Waals surface area contributed by atoms with Crippen LogP contribution in [0.1, 0.15) is 10.4 Å². The number of fused-ring (bicyclic) bond motifs is 2. The third-order valence-corrected chi connectivity index (χ3v) is 4.40. The minimum atomic E-state index is -0.638. The maximum atomic E-state index is 12.4. The van der Waals surface area contributed by atoms with E-state index in [1.807, 2.05) is 60.7 Å². The van der Waals surface area contributed by atoms with E-state index < -0.39 is 12.8 Å². The molecule has 3 heteroatoms. The first kappa shape index (κ1) is 15.4. The van der Waals surface area contributed by atoms with Crippen LogP contribution in [0.5, 0.6) is 0 Å². The number of hydrogen-bond donors (Lipinski definition) is 1. The Balaban J connectivity index is 2.11. The molecule has 0 saturated carbocycles. The van der Waals surface area contributed by atoms with Gasteiger partial charge in [-0.3, -0.25) is 0 Å². The summed E-state index contributed by atoms with van der Waals surface area (Å²) in [5, 5.41) is 13.2. The molecule has 0 bridgehead atoms. The van der Waals surface area contributed by atoms with Crippen LogP contribution >= 0.6 is 0 Å². The van der Waals surface area contributed by atoms with Crippen LogP contribution in [0, 0.1) is 0 Å². The van der Waals surface area contributed by atoms with E-state index in [0.717, 1.165) is 32.7 Å². The summed E-state index contributed by atoms with van der Waals surface area (Å²) < 4.78 is 4.87. The molecule has 0 heterocycles. The molecule has 4 rings (SSSR count). The molecule has 0 radical (unpaired) electrons. The summed E-state index contributed by atoms with van der Waals surface area (Å²) >= 11 is 0. The highest BCUT2D eigenvalue weighted by molar-refractivity contribution is 6.12. The lowest BCUT2D eigenvalue weighted by molar-refractivity contribution is 0.00693. The number of aliphatic hydroxyl groups is 1. The van der Waals surface area contributed by atoms with Crippen molar-refractivity contribution in [3.8, 4) is 11.1 Å². The first-order valence-corrected chi connectivity index (χ1v) is 8.07. The van der Waals surface area contributed by atoms with Crippen molar-refractivity contribution < 1.29 is 14.6 Å². The van der Waals surface area contributed by atoms with Crippen LogP contribution in [0.25, 0.3) is 32.7 Å². The topological polar surface area (TPSA) is 46.5 Å². The van der Waals surface area contributed by atoms with Crippen LogP contribution in [-0.4, -0.2) is 17.9 Å². The molecule has 0 spiro atoms. The largest absolute Gasteiger partial charge is 0.435 e. The number of ether oxygens (including phenoxy) is 1. The molecule has 0 aliphatic rings. The van der Waals surface area contributed by atoms with Gasteiger partial charge in [0.15, 0.2) is 6.79 Å². The van der Waals surface area contributed by atoms with Crippen LogP contribution in [0.3, 0.4) is 0 Å². The summed E-state index contributed by atoms with van der Waals surface area (Å²) in [6.07, 6.45) is 0. The van der Waals surface area contributed by atoms with Gasteiger partial charge in [0.1, 0.15) is 0 Å². The van der Waals surface area contributed by atoms with Gasteiger partial charge >= 0.3 is 5.97 Å². The highest BCUT2D eigenvalue weighted by Crippen LogP contribution is 2.36. The van der Waals surface area contributed by atoms with Gasteiger partial charge in [-0.05, 0) is 33.2 Å². The smallest absolute Gasteiger partial charge is 0.340 e. The van der Waals surface area contributed by atoms with Gasteiger partial charge in [-0.2, -0.15) is 0 Å². The van der Waals surface area contributed by atoms with Crippen molar-refractivity contribution in [1.82, 2.24) is 0 Å². The first-order valence-electron chi connectivity index (χ1n) is 8.07. The van der Waals surface area contributed by atoms with Gasteiger partial charge in [-0.1, -0.05) is 72.8 Å². The molecule has 0 fully saturated rings. The highest BCUT2D eigenvalue weighted by atomic mass is 16.6. The van der Waals surface area contributed by atoms with Gasteiger partial charge in [0.2, 0.25) is 0 Å². The lowest BCUT2D eigenvalue weighted by atomic mass is 9.90. The normalized spacial score (nSPS) is 10.9. The molecule has 0 aliphatic carbocycles. The molecular weight excluding hydrogens is 312 g/mol. The highest BCUT2D eigenvalue weighted by Gasteiger charge is 2.18. The third-order valence-electron chi connectivity index (χ3n) is 4.40. The van der Waals surface area contributed by atoms with E-state index in [2.05, 4.69) is 12.1 Å². The summed E-state index contributed by atoms with van der Waals surface area (Å²) in [6.45, 7) is -0.638. The number of esters is 1. The van der Waals surface area contributed by atoms with Crippen LogP contribution in [0.4, 0.5) is 0 Å². The van der Waals surface area contributed by atoms with Crippen LogP contribution < -0.4 is 0 Å². The lowest BCUT2D eigenvalue weighted by Crippen LogP contribution is -2.08. The maximum Gasteiger partial charge on any atom is 0.340 e. The molecule has 4 aromatic rings. The summed E-state index contributed by atoms with van der Waals surface area (Å²) in [7, 11) is 0. The van der Waals surface area contributed by atoms with E-state index in [-0.39, 0.29) is 0 Å². The Bertz CT molecular complexity index is 1080. The molecule has 0 saturated heterocycles. The second kappa shape index (κ2) is 6.38. The van der Waals surface area contributed by atoms with Crippen molar-refractivity contribution in [2.24, 2.45) is 0 Å². The fourth-order valence-corrected chi connectivity index (χ4v) is 3.31. The predicted molar refractivity (Wildman–Crippen MR) is 99.4 cm³/mol. The maximum absolute atomic E-state index is 12.4. The average Bonchev–Trinajstić information content (AvgIpc) is 2.67. The lowest BCUT2D eigenvalue weighted by Gasteiger charge is -2.14. The van der Waals surface area contributed by atoms with Gasteiger partial charge in [-0.15, -0.1) is 0 Å². The minimum Gasteiger partial charge on any atom is -0.435 e. The average molecular weight is 328 g/mol. The van der Waals surface area contributed by atoms with Crippen LogP contribution in [0.15, 0.2) is 78.9 Å². The van der Waals surface area contributed by atoms with Gasteiger partial charge in [0.05, 0.1) is 5.56 Å². The number of aliphatic hydroxyl groups excluding tert-OH is 1. The summed E-state index contributed by atoms with van der Waals surface area (Å²) in [6, 6.07) is 25.7. The Morgan fingerprint density at radius 2 is 1.40 bits per heavy atom. The number of carbonyl (C=O) groups excluding carboxylic acids is 1. The Morgan fingerprint density at radius 3 is 2.16 bits per heavy atom. The zero-order chi connectivity index (χ0) is 17.2. The Kier molecular flexibility index (Phi) is 3.92. The summed E-state index contributed by atoms with van der Waals surface area (Å²) in [4.78, 5) is 12.4. The number of hydrogen-bond acceptors (Lipinski definition) is 3. The number of carbonyl (C=O) groups is 1. The number of rotatable bonds is 3. The van der Waals surface area contributed by atoms with Crippen molar-refractivity contribution in [1.29, 1.82) is 0 Å². The van der Waals surface area contributed by atoms with Crippen LogP contribution in [0.2, 0.25) is 0 Å². The van der Waals surface area contributed by atoms with Gasteiger partial charge in [0, 0.05) is 5.56 Å².